The van der Waals surface area contributed by atoms with Gasteiger partial charge in [0.2, 0.25) is 0 Å². The predicted molar refractivity (Wildman–Crippen MR) is 113 cm³/mol. The Balaban J connectivity index is 1.49. The van der Waals surface area contributed by atoms with Crippen LogP contribution in [0.25, 0.3) is 22.1 Å². The molecule has 0 radical (unpaired) electrons. The second-order valence-corrected chi connectivity index (χ2v) is 6.92. The van der Waals surface area contributed by atoms with Crippen molar-refractivity contribution in [3.63, 3.8) is 0 Å². The fourth-order valence-corrected chi connectivity index (χ4v) is 3.21. The zero-order valence-electron chi connectivity index (χ0n) is 16.5. The van der Waals surface area contributed by atoms with Crippen molar-refractivity contribution in [1.29, 1.82) is 0 Å². The van der Waals surface area contributed by atoms with Crippen molar-refractivity contribution in [3.8, 4) is 16.9 Å². The van der Waals surface area contributed by atoms with Crippen molar-refractivity contribution in [2.45, 2.75) is 6.18 Å². The normalized spacial score (nSPS) is 11.3. The van der Waals surface area contributed by atoms with Crippen molar-refractivity contribution in [2.24, 2.45) is 0 Å². The summed E-state index contributed by atoms with van der Waals surface area (Å²) in [5, 5.41) is 3.06. The molecule has 5 nitrogen and oxygen atoms in total. The Morgan fingerprint density at radius 2 is 1.72 bits per heavy atom. The number of halogens is 3. The topological polar surface area (TPSA) is 68.5 Å². The Morgan fingerprint density at radius 1 is 0.938 bits per heavy atom. The number of anilines is 1. The molecule has 0 spiro atoms. The van der Waals surface area contributed by atoms with Gasteiger partial charge in [-0.3, -0.25) is 4.79 Å². The Kier molecular flexibility index (Phi) is 5.68. The monoisotopic (exact) mass is 439 g/mol. The lowest BCUT2D eigenvalue weighted by Crippen LogP contribution is -2.20. The first kappa shape index (κ1) is 21.2. The van der Waals surface area contributed by atoms with Crippen LogP contribution in [0.3, 0.4) is 0 Å². The summed E-state index contributed by atoms with van der Waals surface area (Å²) in [6.45, 7) is -0.440. The number of ether oxygens (including phenoxy) is 1. The molecular weight excluding hydrogens is 423 g/mol. The minimum Gasteiger partial charge on any atom is -0.484 e. The SMILES string of the molecule is O=C(COc1ccc2c(-c3ccccc3)cc(=O)oc2c1)Nc1cccc(C(F)(F)F)c1. The Labute approximate surface area is 180 Å². The van der Waals surface area contributed by atoms with E-state index < -0.39 is 29.9 Å². The van der Waals surface area contributed by atoms with E-state index in [9.17, 15) is 22.8 Å². The van der Waals surface area contributed by atoms with Gasteiger partial charge in [-0.1, -0.05) is 36.4 Å². The smallest absolute Gasteiger partial charge is 0.416 e. The summed E-state index contributed by atoms with van der Waals surface area (Å²) in [5.74, 6) is -0.367. The molecule has 3 aromatic carbocycles. The van der Waals surface area contributed by atoms with Gasteiger partial charge < -0.3 is 14.5 Å². The van der Waals surface area contributed by atoms with Crippen LogP contribution in [0.1, 0.15) is 5.56 Å². The van der Waals surface area contributed by atoms with Gasteiger partial charge in [0.25, 0.3) is 5.91 Å². The molecule has 0 bridgehead atoms. The van der Waals surface area contributed by atoms with Gasteiger partial charge >= 0.3 is 11.8 Å². The lowest BCUT2D eigenvalue weighted by molar-refractivity contribution is -0.137. The maximum Gasteiger partial charge on any atom is 0.416 e. The number of alkyl halides is 3. The highest BCUT2D eigenvalue weighted by molar-refractivity contribution is 5.94. The second-order valence-electron chi connectivity index (χ2n) is 6.92. The quantitative estimate of drug-likeness (QED) is 0.417. The number of amides is 1. The molecule has 0 atom stereocenters. The molecule has 0 saturated heterocycles. The molecule has 0 aliphatic rings. The third kappa shape index (κ3) is 4.80. The zero-order valence-corrected chi connectivity index (χ0v) is 16.5. The summed E-state index contributed by atoms with van der Waals surface area (Å²) in [4.78, 5) is 24.1. The summed E-state index contributed by atoms with van der Waals surface area (Å²) in [5.41, 5.74) is 0.439. The van der Waals surface area contributed by atoms with E-state index >= 15 is 0 Å². The van der Waals surface area contributed by atoms with E-state index in [1.54, 1.807) is 12.1 Å². The zero-order chi connectivity index (χ0) is 22.7. The van der Waals surface area contributed by atoms with Crippen LogP contribution in [0.15, 0.2) is 88.1 Å². The summed E-state index contributed by atoms with van der Waals surface area (Å²) >= 11 is 0. The van der Waals surface area contributed by atoms with Crippen LogP contribution in [0.5, 0.6) is 5.75 Å². The van der Waals surface area contributed by atoms with E-state index in [1.807, 2.05) is 30.3 Å². The van der Waals surface area contributed by atoms with Gasteiger partial charge in [-0.25, -0.2) is 4.79 Å². The highest BCUT2D eigenvalue weighted by atomic mass is 19.4. The lowest BCUT2D eigenvalue weighted by atomic mass is 10.0. The third-order valence-corrected chi connectivity index (χ3v) is 4.64. The van der Waals surface area contributed by atoms with E-state index in [1.165, 1.54) is 24.3 Å². The molecule has 0 saturated carbocycles. The molecule has 0 unspecified atom stereocenters. The summed E-state index contributed by atoms with van der Waals surface area (Å²) in [6, 6.07) is 19.9. The standard InChI is InChI=1S/C24H16F3NO4/c25-24(26,27)16-7-4-8-17(11-16)28-22(29)14-31-18-9-10-19-20(15-5-2-1-3-6-15)13-23(30)32-21(19)12-18/h1-13H,14H2,(H,28,29). The van der Waals surface area contributed by atoms with E-state index in [4.69, 9.17) is 9.15 Å². The molecule has 162 valence electrons. The van der Waals surface area contributed by atoms with E-state index in [2.05, 4.69) is 5.32 Å². The van der Waals surface area contributed by atoms with Gasteiger partial charge in [0.05, 0.1) is 5.56 Å². The Bertz CT molecular complexity index is 1330. The first-order chi connectivity index (χ1) is 15.3. The number of benzene rings is 3. The van der Waals surface area contributed by atoms with Crippen LogP contribution >= 0.6 is 0 Å². The van der Waals surface area contributed by atoms with Gasteiger partial charge in [-0.05, 0) is 41.5 Å². The highest BCUT2D eigenvalue weighted by Crippen LogP contribution is 2.31. The molecule has 0 fully saturated rings. The molecule has 1 amide bonds. The largest absolute Gasteiger partial charge is 0.484 e. The number of hydrogen-bond acceptors (Lipinski definition) is 4. The number of hydrogen-bond donors (Lipinski definition) is 1. The maximum atomic E-state index is 12.8. The van der Waals surface area contributed by atoms with Crippen LogP contribution in [-0.2, 0) is 11.0 Å². The van der Waals surface area contributed by atoms with Crippen molar-refractivity contribution in [1.82, 2.24) is 0 Å². The molecule has 1 aromatic heterocycles. The number of carbonyl (C=O) groups is 1. The maximum absolute atomic E-state index is 12.8. The number of carbonyl (C=O) groups excluding carboxylic acids is 1. The summed E-state index contributed by atoms with van der Waals surface area (Å²) in [7, 11) is 0. The second kappa shape index (κ2) is 8.58. The van der Waals surface area contributed by atoms with E-state index in [0.29, 0.717) is 10.9 Å². The molecule has 4 rings (SSSR count). The first-order valence-corrected chi connectivity index (χ1v) is 9.53. The summed E-state index contributed by atoms with van der Waals surface area (Å²) < 4.78 is 49.1. The average Bonchev–Trinajstić information content (AvgIpc) is 2.77. The molecule has 1 heterocycles. The molecule has 0 aliphatic heterocycles. The highest BCUT2D eigenvalue weighted by Gasteiger charge is 2.30. The van der Waals surface area contributed by atoms with Crippen LogP contribution in [0, 0.1) is 0 Å². The fraction of sp³-hybridized carbons (Fsp3) is 0.0833. The van der Waals surface area contributed by atoms with Crippen molar-refractivity contribution < 1.29 is 27.1 Å². The summed E-state index contributed by atoms with van der Waals surface area (Å²) in [6.07, 6.45) is -4.51. The van der Waals surface area contributed by atoms with Gasteiger partial charge in [-0.2, -0.15) is 13.2 Å². The number of nitrogens with one attached hydrogen (secondary N) is 1. The average molecular weight is 439 g/mol. The number of rotatable bonds is 5. The van der Waals surface area contributed by atoms with Crippen LogP contribution in [0.2, 0.25) is 0 Å². The van der Waals surface area contributed by atoms with Crippen molar-refractivity contribution in [3.05, 3.63) is 94.8 Å². The predicted octanol–water partition coefficient (Wildman–Crippen LogP) is 5.50. The van der Waals surface area contributed by atoms with Crippen molar-refractivity contribution >= 4 is 22.6 Å². The van der Waals surface area contributed by atoms with Gasteiger partial charge in [0, 0.05) is 23.2 Å². The Hall–Kier alpha value is -4.07. The molecule has 8 heteroatoms. The molecule has 4 aromatic rings. The minimum atomic E-state index is -4.51. The van der Waals surface area contributed by atoms with Gasteiger partial charge in [-0.15, -0.1) is 0 Å². The van der Waals surface area contributed by atoms with Crippen LogP contribution < -0.4 is 15.7 Å². The van der Waals surface area contributed by atoms with Crippen LogP contribution in [-0.4, -0.2) is 12.5 Å². The first-order valence-electron chi connectivity index (χ1n) is 9.53. The number of fused-ring (bicyclic) bond motifs is 1. The Morgan fingerprint density at radius 3 is 2.47 bits per heavy atom. The lowest BCUT2D eigenvalue weighted by Gasteiger charge is -2.11. The van der Waals surface area contributed by atoms with E-state index in [0.717, 1.165) is 17.7 Å². The molecule has 1 N–H and O–H groups in total. The molecule has 32 heavy (non-hydrogen) atoms. The van der Waals surface area contributed by atoms with Gasteiger partial charge in [0.1, 0.15) is 11.3 Å². The van der Waals surface area contributed by atoms with Crippen LogP contribution in [0.4, 0.5) is 18.9 Å². The fourth-order valence-electron chi connectivity index (χ4n) is 3.21. The minimum absolute atomic E-state index is 0.00503. The van der Waals surface area contributed by atoms with Crippen molar-refractivity contribution in [2.75, 3.05) is 11.9 Å². The van der Waals surface area contributed by atoms with Gasteiger partial charge in [0.15, 0.2) is 6.61 Å². The third-order valence-electron chi connectivity index (χ3n) is 4.64. The van der Waals surface area contributed by atoms with E-state index in [-0.39, 0.29) is 17.0 Å². The molecular formula is C24H16F3NO4. The molecule has 0 aliphatic carbocycles.